The topological polar surface area (TPSA) is 64.9 Å². The summed E-state index contributed by atoms with van der Waals surface area (Å²) in [6, 6.07) is 21.7. The number of nitrogens with zero attached hydrogens (tertiary/aromatic N) is 4. The van der Waals surface area contributed by atoms with Crippen molar-refractivity contribution in [3.8, 4) is 22.9 Å². The van der Waals surface area contributed by atoms with Crippen molar-refractivity contribution in [2.75, 3.05) is 5.43 Å². The molecule has 0 fully saturated rings. The Hall–Kier alpha value is -3.32. The molecule has 6 nitrogen and oxygen atoms in total. The van der Waals surface area contributed by atoms with Crippen LogP contribution in [-0.4, -0.2) is 19.9 Å². The quantitative estimate of drug-likeness (QED) is 0.569. The molecule has 5 rings (SSSR count). The van der Waals surface area contributed by atoms with Crippen LogP contribution in [-0.2, 0) is 0 Å². The Bertz CT molecular complexity index is 1070. The molecular weight excluding hydrogens is 358 g/mol. The lowest BCUT2D eigenvalue weighted by atomic mass is 10.2. The molecule has 1 unspecified atom stereocenters. The van der Waals surface area contributed by atoms with Crippen molar-refractivity contribution in [3.05, 3.63) is 84.7 Å². The summed E-state index contributed by atoms with van der Waals surface area (Å²) >= 11 is 1.63. The van der Waals surface area contributed by atoms with Crippen molar-refractivity contribution in [1.82, 2.24) is 19.9 Å². The van der Waals surface area contributed by atoms with E-state index in [1.165, 1.54) is 0 Å². The lowest BCUT2D eigenvalue weighted by Gasteiger charge is -2.13. The van der Waals surface area contributed by atoms with E-state index >= 15 is 0 Å². The van der Waals surface area contributed by atoms with Crippen LogP contribution in [0, 0.1) is 0 Å². The minimum Gasteiger partial charge on any atom is -0.457 e. The van der Waals surface area contributed by atoms with E-state index in [0.29, 0.717) is 0 Å². The second-order valence-corrected chi connectivity index (χ2v) is 7.06. The molecule has 7 heteroatoms. The molecule has 0 radical (unpaired) electrons. The van der Waals surface area contributed by atoms with Gasteiger partial charge in [0, 0.05) is 18.0 Å². The van der Waals surface area contributed by atoms with Crippen molar-refractivity contribution < 1.29 is 4.74 Å². The molecule has 1 N–H and O–H groups in total. The van der Waals surface area contributed by atoms with Crippen LogP contribution >= 0.6 is 11.8 Å². The molecule has 0 aliphatic carbocycles. The largest absolute Gasteiger partial charge is 0.457 e. The van der Waals surface area contributed by atoms with Gasteiger partial charge in [-0.25, -0.2) is 4.68 Å². The molecule has 2 aromatic carbocycles. The third-order valence-corrected chi connectivity index (χ3v) is 5.27. The number of benzene rings is 2. The van der Waals surface area contributed by atoms with E-state index in [-0.39, 0.29) is 5.37 Å². The molecule has 0 spiro atoms. The summed E-state index contributed by atoms with van der Waals surface area (Å²) in [6.07, 6.45) is 3.50. The first-order valence-electron chi connectivity index (χ1n) is 8.49. The van der Waals surface area contributed by atoms with Gasteiger partial charge in [0.15, 0.2) is 5.82 Å². The zero-order chi connectivity index (χ0) is 18.1. The molecule has 0 amide bonds. The lowest BCUT2D eigenvalue weighted by molar-refractivity contribution is 0.482. The van der Waals surface area contributed by atoms with Gasteiger partial charge in [-0.15, -0.1) is 10.2 Å². The Kier molecular flexibility index (Phi) is 3.99. The Morgan fingerprint density at radius 3 is 2.56 bits per heavy atom. The Morgan fingerprint density at radius 1 is 0.889 bits per heavy atom. The van der Waals surface area contributed by atoms with Crippen LogP contribution in [0.3, 0.4) is 0 Å². The van der Waals surface area contributed by atoms with E-state index in [1.807, 2.05) is 65.3 Å². The average Bonchev–Trinajstić information content (AvgIpc) is 3.31. The summed E-state index contributed by atoms with van der Waals surface area (Å²) in [5, 5.41) is 9.46. The maximum absolute atomic E-state index is 5.95. The molecule has 2 aromatic heterocycles. The van der Waals surface area contributed by atoms with Crippen LogP contribution in [0.25, 0.3) is 11.4 Å². The van der Waals surface area contributed by atoms with Crippen LogP contribution < -0.4 is 10.2 Å². The fraction of sp³-hybridized carbons (Fsp3) is 0.0500. The standard InChI is InChI=1S/C20H15N5OS/c1-2-6-16(7-3-1)26-17-8-4-5-15(13-17)19-24-25-18(22-23-20(25)27-19)14-9-11-21-12-10-14/h1-13,19,24H. The number of para-hydroxylation sites is 1. The van der Waals surface area contributed by atoms with Crippen molar-refractivity contribution in [2.24, 2.45) is 0 Å². The van der Waals surface area contributed by atoms with Gasteiger partial charge in [0.1, 0.15) is 16.9 Å². The normalized spacial score (nSPS) is 15.2. The van der Waals surface area contributed by atoms with Gasteiger partial charge in [-0.1, -0.05) is 42.1 Å². The van der Waals surface area contributed by atoms with Gasteiger partial charge in [-0.05, 0) is 42.0 Å². The van der Waals surface area contributed by atoms with E-state index in [1.54, 1.807) is 24.2 Å². The first-order chi connectivity index (χ1) is 13.4. The second kappa shape index (κ2) is 6.77. The number of hydrogen-bond donors (Lipinski definition) is 1. The van der Waals surface area contributed by atoms with Crippen LogP contribution in [0.2, 0.25) is 0 Å². The molecule has 1 aliphatic rings. The van der Waals surface area contributed by atoms with Crippen LogP contribution in [0.1, 0.15) is 10.9 Å². The van der Waals surface area contributed by atoms with E-state index in [2.05, 4.69) is 26.7 Å². The Balaban J connectivity index is 1.39. The zero-order valence-corrected chi connectivity index (χ0v) is 15.0. The number of thioether (sulfide) groups is 1. The summed E-state index contributed by atoms with van der Waals surface area (Å²) in [5.41, 5.74) is 5.55. The fourth-order valence-corrected chi connectivity index (χ4v) is 3.89. The first-order valence-corrected chi connectivity index (χ1v) is 9.37. The van der Waals surface area contributed by atoms with E-state index < -0.39 is 0 Å². The van der Waals surface area contributed by atoms with Gasteiger partial charge in [-0.3, -0.25) is 4.98 Å². The molecule has 132 valence electrons. The summed E-state index contributed by atoms with van der Waals surface area (Å²) in [7, 11) is 0. The van der Waals surface area contributed by atoms with Crippen molar-refractivity contribution in [2.45, 2.75) is 10.5 Å². The number of aromatic nitrogens is 4. The minimum atomic E-state index is 0.0374. The summed E-state index contributed by atoms with van der Waals surface area (Å²) in [6.45, 7) is 0. The van der Waals surface area contributed by atoms with E-state index in [9.17, 15) is 0 Å². The second-order valence-electron chi connectivity index (χ2n) is 5.99. The Morgan fingerprint density at radius 2 is 1.70 bits per heavy atom. The number of nitrogens with one attached hydrogen (secondary N) is 1. The van der Waals surface area contributed by atoms with Gasteiger partial charge in [0.05, 0.1) is 0 Å². The van der Waals surface area contributed by atoms with E-state index in [0.717, 1.165) is 33.6 Å². The number of ether oxygens (including phenoxy) is 1. The number of pyridine rings is 1. The van der Waals surface area contributed by atoms with Gasteiger partial charge in [-0.2, -0.15) is 0 Å². The molecule has 1 atom stereocenters. The molecule has 0 saturated heterocycles. The summed E-state index contributed by atoms with van der Waals surface area (Å²) in [5.74, 6) is 2.40. The predicted molar refractivity (Wildman–Crippen MR) is 104 cm³/mol. The molecule has 3 heterocycles. The van der Waals surface area contributed by atoms with Gasteiger partial charge < -0.3 is 10.2 Å². The van der Waals surface area contributed by atoms with Crippen molar-refractivity contribution in [3.63, 3.8) is 0 Å². The number of hydrogen-bond acceptors (Lipinski definition) is 6. The maximum atomic E-state index is 5.95. The minimum absolute atomic E-state index is 0.0374. The highest BCUT2D eigenvalue weighted by molar-refractivity contribution is 7.99. The molecule has 0 bridgehead atoms. The third-order valence-electron chi connectivity index (χ3n) is 4.18. The SMILES string of the molecule is c1ccc(Oc2cccc(C3Nn4c(nnc4-c4ccncc4)S3)c2)cc1. The zero-order valence-electron chi connectivity index (χ0n) is 14.2. The highest BCUT2D eigenvalue weighted by Crippen LogP contribution is 2.41. The maximum Gasteiger partial charge on any atom is 0.212 e. The highest BCUT2D eigenvalue weighted by Gasteiger charge is 2.28. The number of fused-ring (bicyclic) bond motifs is 1. The van der Waals surface area contributed by atoms with Crippen LogP contribution in [0.5, 0.6) is 11.5 Å². The van der Waals surface area contributed by atoms with E-state index in [4.69, 9.17) is 4.74 Å². The van der Waals surface area contributed by atoms with Crippen molar-refractivity contribution in [1.29, 1.82) is 0 Å². The molecule has 4 aromatic rings. The van der Waals surface area contributed by atoms with Crippen molar-refractivity contribution >= 4 is 11.8 Å². The van der Waals surface area contributed by atoms with Gasteiger partial charge in [0.25, 0.3) is 0 Å². The lowest BCUT2D eigenvalue weighted by Crippen LogP contribution is -2.13. The molecule has 0 saturated carbocycles. The molecular formula is C20H15N5OS. The monoisotopic (exact) mass is 373 g/mol. The van der Waals surface area contributed by atoms with Crippen LogP contribution in [0.15, 0.2) is 84.3 Å². The number of rotatable bonds is 4. The molecule has 27 heavy (non-hydrogen) atoms. The van der Waals surface area contributed by atoms with Crippen LogP contribution in [0.4, 0.5) is 0 Å². The summed E-state index contributed by atoms with van der Waals surface area (Å²) in [4.78, 5) is 4.06. The predicted octanol–water partition coefficient (Wildman–Crippen LogP) is 4.48. The fourth-order valence-electron chi connectivity index (χ4n) is 2.91. The van der Waals surface area contributed by atoms with Gasteiger partial charge >= 0.3 is 0 Å². The average molecular weight is 373 g/mol. The Labute approximate surface area is 160 Å². The van der Waals surface area contributed by atoms with Gasteiger partial charge in [0.2, 0.25) is 5.16 Å². The molecule has 1 aliphatic heterocycles. The highest BCUT2D eigenvalue weighted by atomic mass is 32.2. The smallest absolute Gasteiger partial charge is 0.212 e. The third kappa shape index (κ3) is 3.13. The summed E-state index contributed by atoms with van der Waals surface area (Å²) < 4.78 is 7.88. The first kappa shape index (κ1) is 15.9.